The van der Waals surface area contributed by atoms with E-state index in [-0.39, 0.29) is 0 Å². The number of aromatic nitrogens is 3. The van der Waals surface area contributed by atoms with Gasteiger partial charge in [-0.2, -0.15) is 0 Å². The standard InChI is InChI=1S/C15H20N4/c1-9-4-5-17-14-13(9)18-15(16)19(14)8-12-7-10-2-3-11(12)6-10/h4-5,10-12H,2-3,6-8H2,1H3,(H2,16,18). The van der Waals surface area contributed by atoms with Crippen LogP contribution in [0.4, 0.5) is 5.95 Å². The molecule has 0 amide bonds. The summed E-state index contributed by atoms with van der Waals surface area (Å²) >= 11 is 0. The lowest BCUT2D eigenvalue weighted by Crippen LogP contribution is -2.18. The highest BCUT2D eigenvalue weighted by atomic mass is 15.2. The Balaban J connectivity index is 1.71. The predicted molar refractivity (Wildman–Crippen MR) is 75.6 cm³/mol. The SMILES string of the molecule is Cc1ccnc2c1nc(N)n2CC1CC2CCC1C2. The number of nitrogens with two attached hydrogens (primary N) is 1. The first kappa shape index (κ1) is 11.3. The molecule has 3 atom stereocenters. The zero-order chi connectivity index (χ0) is 13.0. The summed E-state index contributed by atoms with van der Waals surface area (Å²) in [6.45, 7) is 3.07. The van der Waals surface area contributed by atoms with Crippen molar-refractivity contribution in [3.63, 3.8) is 0 Å². The van der Waals surface area contributed by atoms with Crippen molar-refractivity contribution in [1.29, 1.82) is 0 Å². The van der Waals surface area contributed by atoms with Gasteiger partial charge in [-0.15, -0.1) is 0 Å². The third-order valence-corrected chi connectivity index (χ3v) is 5.17. The molecule has 4 rings (SSSR count). The summed E-state index contributed by atoms with van der Waals surface area (Å²) in [6, 6.07) is 2.00. The van der Waals surface area contributed by atoms with E-state index >= 15 is 0 Å². The van der Waals surface area contributed by atoms with Crippen molar-refractivity contribution in [2.75, 3.05) is 5.73 Å². The number of nitrogens with zero attached hydrogens (tertiary/aromatic N) is 3. The molecule has 2 aromatic heterocycles. The van der Waals surface area contributed by atoms with E-state index in [1.807, 2.05) is 12.3 Å². The second-order valence-corrected chi connectivity index (χ2v) is 6.32. The topological polar surface area (TPSA) is 56.7 Å². The van der Waals surface area contributed by atoms with Crippen molar-refractivity contribution in [2.24, 2.45) is 17.8 Å². The second-order valence-electron chi connectivity index (χ2n) is 6.32. The van der Waals surface area contributed by atoms with Crippen LogP contribution in [0.25, 0.3) is 11.2 Å². The van der Waals surface area contributed by atoms with E-state index < -0.39 is 0 Å². The largest absolute Gasteiger partial charge is 0.369 e. The van der Waals surface area contributed by atoms with E-state index in [0.29, 0.717) is 5.95 Å². The van der Waals surface area contributed by atoms with Crippen LogP contribution < -0.4 is 5.73 Å². The summed E-state index contributed by atoms with van der Waals surface area (Å²) in [7, 11) is 0. The Morgan fingerprint density at radius 2 is 2.26 bits per heavy atom. The van der Waals surface area contributed by atoms with Crippen molar-refractivity contribution in [1.82, 2.24) is 14.5 Å². The molecule has 4 heteroatoms. The fourth-order valence-corrected chi connectivity index (χ4v) is 4.17. The lowest BCUT2D eigenvalue weighted by Gasteiger charge is -2.22. The molecule has 2 N–H and O–H groups in total. The lowest BCUT2D eigenvalue weighted by molar-refractivity contribution is 0.299. The zero-order valence-electron chi connectivity index (χ0n) is 11.3. The normalized spacial score (nSPS) is 29.4. The molecular weight excluding hydrogens is 236 g/mol. The summed E-state index contributed by atoms with van der Waals surface area (Å²) in [5, 5.41) is 0. The van der Waals surface area contributed by atoms with E-state index in [0.717, 1.165) is 41.0 Å². The summed E-state index contributed by atoms with van der Waals surface area (Å²) in [5.41, 5.74) is 9.19. The molecule has 3 unspecified atom stereocenters. The Bertz CT molecular complexity index is 630. The Labute approximate surface area is 113 Å². The molecule has 2 aliphatic rings. The molecule has 19 heavy (non-hydrogen) atoms. The molecule has 2 fully saturated rings. The summed E-state index contributed by atoms with van der Waals surface area (Å²) < 4.78 is 2.13. The predicted octanol–water partition coefficient (Wildman–Crippen LogP) is 2.76. The molecule has 2 saturated carbocycles. The maximum absolute atomic E-state index is 6.11. The first-order valence-electron chi connectivity index (χ1n) is 7.29. The average Bonchev–Trinajstić information content (AvgIpc) is 3.07. The van der Waals surface area contributed by atoms with Gasteiger partial charge >= 0.3 is 0 Å². The number of hydrogen-bond acceptors (Lipinski definition) is 3. The van der Waals surface area contributed by atoms with Crippen LogP contribution in [0.2, 0.25) is 0 Å². The maximum Gasteiger partial charge on any atom is 0.202 e. The number of hydrogen-bond donors (Lipinski definition) is 1. The number of aryl methyl sites for hydroxylation is 1. The number of imidazole rings is 1. The van der Waals surface area contributed by atoms with Gasteiger partial charge in [0.1, 0.15) is 5.52 Å². The van der Waals surface area contributed by atoms with E-state index in [1.54, 1.807) is 0 Å². The van der Waals surface area contributed by atoms with E-state index in [2.05, 4.69) is 21.5 Å². The van der Waals surface area contributed by atoms with Gasteiger partial charge in [0.25, 0.3) is 0 Å². The molecule has 0 aromatic carbocycles. The molecule has 2 aromatic rings. The number of nitrogen functional groups attached to an aromatic ring is 1. The average molecular weight is 256 g/mol. The van der Waals surface area contributed by atoms with Gasteiger partial charge in [0.05, 0.1) is 0 Å². The first-order chi connectivity index (χ1) is 9.22. The van der Waals surface area contributed by atoms with Crippen LogP contribution in [0.5, 0.6) is 0 Å². The third kappa shape index (κ3) is 1.66. The highest BCUT2D eigenvalue weighted by Crippen LogP contribution is 2.49. The van der Waals surface area contributed by atoms with Gasteiger partial charge in [-0.1, -0.05) is 6.42 Å². The Morgan fingerprint density at radius 1 is 1.37 bits per heavy atom. The molecule has 0 aliphatic heterocycles. The fourth-order valence-electron chi connectivity index (χ4n) is 4.17. The van der Waals surface area contributed by atoms with Crippen molar-refractivity contribution in [3.8, 4) is 0 Å². The first-order valence-corrected chi connectivity index (χ1v) is 7.29. The van der Waals surface area contributed by atoms with Crippen molar-refractivity contribution in [3.05, 3.63) is 17.8 Å². The Hall–Kier alpha value is -1.58. The quantitative estimate of drug-likeness (QED) is 0.898. The molecule has 4 nitrogen and oxygen atoms in total. The molecule has 100 valence electrons. The minimum Gasteiger partial charge on any atom is -0.369 e. The van der Waals surface area contributed by atoms with E-state index in [9.17, 15) is 0 Å². The number of fused-ring (bicyclic) bond motifs is 3. The molecule has 2 heterocycles. The molecular formula is C15H20N4. The highest BCUT2D eigenvalue weighted by molar-refractivity contribution is 5.77. The molecule has 0 saturated heterocycles. The van der Waals surface area contributed by atoms with Crippen molar-refractivity contribution < 1.29 is 0 Å². The summed E-state index contributed by atoms with van der Waals surface area (Å²) in [6.07, 6.45) is 7.52. The van der Waals surface area contributed by atoms with E-state index in [1.165, 1.54) is 25.7 Å². The van der Waals surface area contributed by atoms with Crippen LogP contribution in [0, 0.1) is 24.7 Å². The minimum absolute atomic E-state index is 0.625. The van der Waals surface area contributed by atoms with Gasteiger partial charge in [-0.05, 0) is 55.6 Å². The van der Waals surface area contributed by atoms with Crippen molar-refractivity contribution in [2.45, 2.75) is 39.2 Å². The van der Waals surface area contributed by atoms with Crippen LogP contribution in [-0.2, 0) is 6.54 Å². The lowest BCUT2D eigenvalue weighted by atomic mass is 9.89. The van der Waals surface area contributed by atoms with Gasteiger partial charge in [0.15, 0.2) is 5.65 Å². The smallest absolute Gasteiger partial charge is 0.202 e. The van der Waals surface area contributed by atoms with Crippen LogP contribution in [-0.4, -0.2) is 14.5 Å². The summed E-state index contributed by atoms with van der Waals surface area (Å²) in [5.74, 6) is 3.28. The molecule has 0 radical (unpaired) electrons. The Kier molecular flexibility index (Phi) is 2.34. The highest BCUT2D eigenvalue weighted by Gasteiger charge is 2.39. The zero-order valence-corrected chi connectivity index (χ0v) is 11.3. The van der Waals surface area contributed by atoms with Gasteiger partial charge in [0.2, 0.25) is 5.95 Å². The maximum atomic E-state index is 6.11. The number of anilines is 1. The molecule has 2 bridgehead atoms. The molecule has 0 spiro atoms. The number of pyridine rings is 1. The van der Waals surface area contributed by atoms with Gasteiger partial charge < -0.3 is 5.73 Å². The second kappa shape index (κ2) is 3.95. The van der Waals surface area contributed by atoms with E-state index in [4.69, 9.17) is 5.73 Å². The van der Waals surface area contributed by atoms with Gasteiger partial charge in [-0.25, -0.2) is 9.97 Å². The van der Waals surface area contributed by atoms with Crippen molar-refractivity contribution >= 4 is 17.1 Å². The van der Waals surface area contributed by atoms with Crippen LogP contribution in [0.3, 0.4) is 0 Å². The fraction of sp³-hybridized carbons (Fsp3) is 0.600. The Morgan fingerprint density at radius 3 is 3.00 bits per heavy atom. The van der Waals surface area contributed by atoms with Gasteiger partial charge in [-0.3, -0.25) is 4.57 Å². The molecule has 2 aliphatic carbocycles. The number of rotatable bonds is 2. The minimum atomic E-state index is 0.625. The third-order valence-electron chi connectivity index (χ3n) is 5.17. The van der Waals surface area contributed by atoms with Crippen LogP contribution >= 0.6 is 0 Å². The van der Waals surface area contributed by atoms with Crippen LogP contribution in [0.15, 0.2) is 12.3 Å². The van der Waals surface area contributed by atoms with Gasteiger partial charge in [0, 0.05) is 12.7 Å². The van der Waals surface area contributed by atoms with Crippen LogP contribution in [0.1, 0.15) is 31.2 Å². The summed E-state index contributed by atoms with van der Waals surface area (Å²) in [4.78, 5) is 8.98. The monoisotopic (exact) mass is 256 g/mol.